The molecular weight excluding hydrogens is 232 g/mol. The predicted octanol–water partition coefficient (Wildman–Crippen LogP) is 0.750. The van der Waals surface area contributed by atoms with Crippen LogP contribution in [-0.2, 0) is 9.53 Å². The van der Waals surface area contributed by atoms with E-state index < -0.39 is 12.1 Å². The summed E-state index contributed by atoms with van der Waals surface area (Å²) in [6.07, 6.45) is 1.95. The average molecular weight is 250 g/mol. The molecule has 3 nitrogen and oxygen atoms in total. The van der Waals surface area contributed by atoms with E-state index in [0.717, 1.165) is 12.8 Å². The first kappa shape index (κ1) is 15.4. The summed E-state index contributed by atoms with van der Waals surface area (Å²) in [5, 5.41) is 8.61. The molecule has 0 aromatic rings. The quantitative estimate of drug-likeness (QED) is 0.707. The third-order valence-corrected chi connectivity index (χ3v) is 1.46. The Morgan fingerprint density at radius 2 is 2.08 bits per heavy atom. The summed E-state index contributed by atoms with van der Waals surface area (Å²) in [5.41, 5.74) is 0. The predicted molar refractivity (Wildman–Crippen MR) is 51.1 cm³/mol. The van der Waals surface area contributed by atoms with E-state index in [0.29, 0.717) is 13.0 Å². The number of aliphatic carboxylic acids is 1. The second-order valence-electron chi connectivity index (χ2n) is 2.42. The van der Waals surface area contributed by atoms with E-state index in [1.807, 2.05) is 13.8 Å². The van der Waals surface area contributed by atoms with Gasteiger partial charge < -0.3 is 9.84 Å². The number of ether oxygens (including phenoxy) is 1. The third kappa shape index (κ3) is 7.55. The fourth-order valence-corrected chi connectivity index (χ4v) is 0.869. The van der Waals surface area contributed by atoms with Crippen molar-refractivity contribution in [1.29, 1.82) is 0 Å². The molecule has 0 aliphatic heterocycles. The topological polar surface area (TPSA) is 46.5 Å². The van der Waals surface area contributed by atoms with Crippen LogP contribution in [0.4, 0.5) is 0 Å². The van der Waals surface area contributed by atoms with Crippen LogP contribution in [0.15, 0.2) is 0 Å². The molecule has 0 saturated carbocycles. The van der Waals surface area contributed by atoms with Gasteiger partial charge in [0.15, 0.2) is 6.10 Å². The molecule has 0 radical (unpaired) electrons. The van der Waals surface area contributed by atoms with E-state index in [4.69, 9.17) is 9.84 Å². The van der Waals surface area contributed by atoms with Crippen LogP contribution in [0.1, 0.15) is 33.1 Å². The van der Waals surface area contributed by atoms with Gasteiger partial charge in [-0.15, -0.1) is 0 Å². The van der Waals surface area contributed by atoms with Gasteiger partial charge in [-0.1, -0.05) is 19.8 Å². The van der Waals surface area contributed by atoms with Crippen LogP contribution in [0.2, 0.25) is 0 Å². The number of carbonyl (C=O) groups is 1. The Kier molecular flexibility index (Phi) is 12.8. The van der Waals surface area contributed by atoms with Gasteiger partial charge in [-0.25, -0.2) is 4.79 Å². The fourth-order valence-electron chi connectivity index (χ4n) is 0.869. The standard InChI is InChI=1S/C8H16O3.Sr.2H/c1-3-5-6-7(8(9)10)11-4-2;;;/h7H,3-6H2,1-2H3,(H,9,10);;;. The first-order valence-electron chi connectivity index (χ1n) is 4.06. The van der Waals surface area contributed by atoms with Crippen molar-refractivity contribution in [3.05, 3.63) is 0 Å². The van der Waals surface area contributed by atoms with Crippen molar-refractivity contribution >= 4 is 51.5 Å². The van der Waals surface area contributed by atoms with Crippen LogP contribution in [0.5, 0.6) is 0 Å². The zero-order valence-corrected chi connectivity index (χ0v) is 7.17. The molecule has 0 aliphatic rings. The fraction of sp³-hybridized carbons (Fsp3) is 0.875. The Bertz CT molecular complexity index is 117. The van der Waals surface area contributed by atoms with Crippen LogP contribution in [0.3, 0.4) is 0 Å². The van der Waals surface area contributed by atoms with Gasteiger partial charge in [-0.3, -0.25) is 0 Å². The second kappa shape index (κ2) is 9.99. The molecule has 0 aromatic heterocycles. The van der Waals surface area contributed by atoms with E-state index >= 15 is 0 Å². The summed E-state index contributed by atoms with van der Waals surface area (Å²) in [6, 6.07) is 0. The molecule has 0 amide bonds. The van der Waals surface area contributed by atoms with Gasteiger partial charge in [0, 0.05) is 6.61 Å². The number of carboxylic acids is 1. The van der Waals surface area contributed by atoms with E-state index in [-0.39, 0.29) is 45.5 Å². The number of hydrogen-bond acceptors (Lipinski definition) is 2. The minimum absolute atomic E-state index is 0. The Hall–Kier alpha value is 0.911. The summed E-state index contributed by atoms with van der Waals surface area (Å²) in [7, 11) is 0. The normalized spacial score (nSPS) is 11.8. The SMILES string of the molecule is CCCCC(OCC)C(=O)O.[SrH2]. The van der Waals surface area contributed by atoms with Gasteiger partial charge in [0.25, 0.3) is 0 Å². The Balaban J connectivity index is 0. The zero-order chi connectivity index (χ0) is 8.69. The molecule has 4 heteroatoms. The van der Waals surface area contributed by atoms with Gasteiger partial charge in [-0.2, -0.15) is 0 Å². The molecule has 0 saturated heterocycles. The van der Waals surface area contributed by atoms with Gasteiger partial charge in [0.05, 0.1) is 0 Å². The monoisotopic (exact) mass is 250 g/mol. The van der Waals surface area contributed by atoms with Crippen molar-refractivity contribution in [2.24, 2.45) is 0 Å². The molecule has 70 valence electrons. The van der Waals surface area contributed by atoms with Crippen LogP contribution < -0.4 is 0 Å². The Morgan fingerprint density at radius 3 is 2.42 bits per heavy atom. The molecule has 0 fully saturated rings. The number of unbranched alkanes of at least 4 members (excludes halogenated alkanes) is 1. The van der Waals surface area contributed by atoms with E-state index in [1.54, 1.807) is 0 Å². The van der Waals surface area contributed by atoms with E-state index in [2.05, 4.69) is 0 Å². The zero-order valence-electron chi connectivity index (χ0n) is 7.17. The molecule has 0 spiro atoms. The van der Waals surface area contributed by atoms with Crippen LogP contribution in [0.25, 0.3) is 0 Å². The van der Waals surface area contributed by atoms with Crippen LogP contribution >= 0.6 is 0 Å². The second-order valence-corrected chi connectivity index (χ2v) is 2.42. The van der Waals surface area contributed by atoms with E-state index in [9.17, 15) is 4.79 Å². The number of rotatable bonds is 6. The van der Waals surface area contributed by atoms with Crippen LogP contribution in [-0.4, -0.2) is 69.3 Å². The summed E-state index contributed by atoms with van der Waals surface area (Å²) >= 11 is 0. The Morgan fingerprint density at radius 1 is 1.50 bits per heavy atom. The number of carboxylic acid groups (broad SMARTS) is 1. The minimum atomic E-state index is -0.847. The van der Waals surface area contributed by atoms with Gasteiger partial charge >= 0.3 is 51.5 Å². The molecule has 1 atom stereocenters. The van der Waals surface area contributed by atoms with Crippen molar-refractivity contribution in [3.63, 3.8) is 0 Å². The van der Waals surface area contributed by atoms with Crippen molar-refractivity contribution in [3.8, 4) is 0 Å². The van der Waals surface area contributed by atoms with Gasteiger partial charge in [0.2, 0.25) is 0 Å². The van der Waals surface area contributed by atoms with Gasteiger partial charge in [-0.05, 0) is 13.3 Å². The molecule has 0 rings (SSSR count). The average Bonchev–Trinajstić information content (AvgIpc) is 1.97. The van der Waals surface area contributed by atoms with E-state index in [1.165, 1.54) is 0 Å². The molecule has 0 bridgehead atoms. The molecule has 12 heavy (non-hydrogen) atoms. The van der Waals surface area contributed by atoms with Crippen LogP contribution in [0, 0.1) is 0 Å². The summed E-state index contributed by atoms with van der Waals surface area (Å²) in [5.74, 6) is -0.847. The van der Waals surface area contributed by atoms with Crippen molar-refractivity contribution in [2.75, 3.05) is 6.61 Å². The summed E-state index contributed by atoms with van der Waals surface area (Å²) in [4.78, 5) is 10.5. The molecular formula is C8H18O3Sr. The molecule has 0 aromatic carbocycles. The maximum atomic E-state index is 10.5. The van der Waals surface area contributed by atoms with Crippen molar-refractivity contribution in [2.45, 2.75) is 39.2 Å². The first-order chi connectivity index (χ1) is 5.22. The Labute approximate surface area is 111 Å². The summed E-state index contributed by atoms with van der Waals surface area (Å²) < 4.78 is 5.01. The van der Waals surface area contributed by atoms with Crippen molar-refractivity contribution < 1.29 is 14.6 Å². The molecule has 1 N–H and O–H groups in total. The third-order valence-electron chi connectivity index (χ3n) is 1.46. The van der Waals surface area contributed by atoms with Crippen molar-refractivity contribution in [1.82, 2.24) is 0 Å². The summed E-state index contributed by atoms with van der Waals surface area (Å²) in [6.45, 7) is 4.31. The first-order valence-corrected chi connectivity index (χ1v) is 4.06. The maximum absolute atomic E-state index is 10.5. The molecule has 0 aliphatic carbocycles. The molecule has 1 unspecified atom stereocenters. The molecule has 0 heterocycles. The number of hydrogen-bond donors (Lipinski definition) is 1. The van der Waals surface area contributed by atoms with Gasteiger partial charge in [0.1, 0.15) is 0 Å².